The fraction of sp³-hybridized carbons (Fsp3) is 0.300. The van der Waals surface area contributed by atoms with Crippen molar-refractivity contribution >= 4 is 39.3 Å². The molecule has 0 unspecified atom stereocenters. The summed E-state index contributed by atoms with van der Waals surface area (Å²) in [6, 6.07) is 0. The molecule has 0 radical (unpaired) electrons. The molecule has 3 aromatic rings. The maximum atomic E-state index is 13.0. The molecule has 4 rings (SSSR count). The predicted octanol–water partition coefficient (Wildman–Crippen LogP) is 2.38. The Balaban J connectivity index is 1.62. The summed E-state index contributed by atoms with van der Waals surface area (Å²) in [5.74, 6) is 0. The summed E-state index contributed by atoms with van der Waals surface area (Å²) in [5, 5.41) is 15.0. The summed E-state index contributed by atoms with van der Waals surface area (Å²) in [7, 11) is 3.70. The molecule has 8 nitrogen and oxygen atoms in total. The number of thiazole rings is 1. The molecule has 9 heteroatoms. The van der Waals surface area contributed by atoms with Crippen LogP contribution in [0.4, 0.5) is 0 Å². The average Bonchev–Trinajstić information content (AvgIpc) is 3.25. The van der Waals surface area contributed by atoms with E-state index in [1.165, 1.54) is 4.68 Å². The van der Waals surface area contributed by atoms with Crippen molar-refractivity contribution in [2.45, 2.75) is 19.4 Å². The summed E-state index contributed by atoms with van der Waals surface area (Å²) in [6.45, 7) is 4.80. The molecule has 0 bridgehead atoms. The minimum Gasteiger partial charge on any atom is -0.385 e. The van der Waals surface area contributed by atoms with E-state index in [1.54, 1.807) is 29.6 Å². The van der Waals surface area contributed by atoms with Crippen LogP contribution >= 0.6 is 11.3 Å². The van der Waals surface area contributed by atoms with Gasteiger partial charge in [-0.2, -0.15) is 10.2 Å². The van der Waals surface area contributed by atoms with E-state index in [-0.39, 0.29) is 5.56 Å². The van der Waals surface area contributed by atoms with E-state index >= 15 is 0 Å². The molecule has 1 N–H and O–H groups in total. The highest BCUT2D eigenvalue weighted by Gasteiger charge is 2.18. The van der Waals surface area contributed by atoms with Crippen LogP contribution in [0, 0.1) is 0 Å². The molecule has 0 aliphatic carbocycles. The minimum atomic E-state index is -0.0952. The number of aryl methyl sites for hydroxylation is 2. The quantitative estimate of drug-likeness (QED) is 0.479. The van der Waals surface area contributed by atoms with Gasteiger partial charge in [-0.05, 0) is 12.5 Å². The number of hydrogen-bond donors (Lipinski definition) is 1. The molecular weight excluding hydrogens is 386 g/mol. The Morgan fingerprint density at radius 1 is 1.48 bits per heavy atom. The van der Waals surface area contributed by atoms with Gasteiger partial charge in [-0.1, -0.05) is 18.2 Å². The van der Waals surface area contributed by atoms with Crippen LogP contribution in [0.1, 0.15) is 11.4 Å². The zero-order valence-corrected chi connectivity index (χ0v) is 17.3. The Morgan fingerprint density at radius 3 is 3.10 bits per heavy atom. The van der Waals surface area contributed by atoms with Gasteiger partial charge in [0.25, 0.3) is 5.56 Å². The number of allylic oxidation sites excluding steroid dienone is 4. The maximum Gasteiger partial charge on any atom is 0.291 e. The molecule has 0 amide bonds. The van der Waals surface area contributed by atoms with Crippen molar-refractivity contribution in [2.75, 3.05) is 13.6 Å². The molecule has 4 heterocycles. The second-order valence-electron chi connectivity index (χ2n) is 6.82. The van der Waals surface area contributed by atoms with Gasteiger partial charge in [-0.3, -0.25) is 9.80 Å². The zero-order chi connectivity index (χ0) is 20.4. The highest BCUT2D eigenvalue weighted by atomic mass is 32.1. The third-order valence-electron chi connectivity index (χ3n) is 4.84. The van der Waals surface area contributed by atoms with E-state index in [2.05, 4.69) is 40.5 Å². The first-order chi connectivity index (χ1) is 14.1. The largest absolute Gasteiger partial charge is 0.385 e. The van der Waals surface area contributed by atoms with Crippen LogP contribution in [0.2, 0.25) is 0 Å². The third kappa shape index (κ3) is 3.73. The molecule has 0 spiro atoms. The van der Waals surface area contributed by atoms with Gasteiger partial charge in [-0.15, -0.1) is 11.3 Å². The molecular formula is C20H23N7OS. The first kappa shape index (κ1) is 19.1. The normalized spacial score (nSPS) is 13.9. The topological polar surface area (TPSA) is 80.3 Å². The van der Waals surface area contributed by atoms with Crippen molar-refractivity contribution < 1.29 is 0 Å². The molecule has 0 aromatic carbocycles. The smallest absolute Gasteiger partial charge is 0.291 e. The van der Waals surface area contributed by atoms with E-state index in [0.29, 0.717) is 18.5 Å². The zero-order valence-electron chi connectivity index (χ0n) is 16.5. The van der Waals surface area contributed by atoms with Crippen molar-refractivity contribution in [3.63, 3.8) is 0 Å². The number of dihydropyridines is 1. The van der Waals surface area contributed by atoms with Gasteiger partial charge in [-0.25, -0.2) is 9.67 Å². The number of hydrazone groups is 1. The number of aromatic nitrogens is 4. The van der Waals surface area contributed by atoms with E-state index in [1.807, 2.05) is 23.9 Å². The van der Waals surface area contributed by atoms with Gasteiger partial charge in [0.15, 0.2) is 5.65 Å². The molecule has 1 aliphatic heterocycles. The van der Waals surface area contributed by atoms with Gasteiger partial charge in [0.1, 0.15) is 10.5 Å². The Bertz CT molecular complexity index is 1210. The second-order valence-corrected chi connectivity index (χ2v) is 7.90. The van der Waals surface area contributed by atoms with Crippen LogP contribution in [0.3, 0.4) is 0 Å². The lowest BCUT2D eigenvalue weighted by atomic mass is 10.2. The molecule has 0 atom stereocenters. The van der Waals surface area contributed by atoms with Crippen molar-refractivity contribution in [3.05, 3.63) is 57.8 Å². The van der Waals surface area contributed by atoms with Gasteiger partial charge >= 0.3 is 0 Å². The summed E-state index contributed by atoms with van der Waals surface area (Å²) < 4.78 is 4.40. The second kappa shape index (κ2) is 8.04. The Morgan fingerprint density at radius 2 is 2.34 bits per heavy atom. The average molecular weight is 410 g/mol. The molecule has 1 aliphatic rings. The van der Waals surface area contributed by atoms with Crippen molar-refractivity contribution in [1.82, 2.24) is 29.7 Å². The fourth-order valence-electron chi connectivity index (χ4n) is 3.32. The standard InChI is InChI=1S/C20H23N7OS/c1-21-25(2)10-6-7-11-27-20(28)17-15(13-23-27)18-19(26(17)3)24-16(29-18)12-14-8-4-5-9-22-14/h4-6,8,10,13,22H,1,7,9,11-12H2,2-3H3/b10-6-. The first-order valence-corrected chi connectivity index (χ1v) is 10.2. The van der Waals surface area contributed by atoms with E-state index in [4.69, 9.17) is 4.98 Å². The lowest BCUT2D eigenvalue weighted by molar-refractivity contribution is 0.490. The van der Waals surface area contributed by atoms with Crippen LogP contribution in [-0.2, 0) is 20.0 Å². The van der Waals surface area contributed by atoms with Crippen LogP contribution in [0.15, 0.2) is 52.3 Å². The minimum absolute atomic E-state index is 0.0952. The lowest BCUT2D eigenvalue weighted by Gasteiger charge is -2.10. The van der Waals surface area contributed by atoms with Gasteiger partial charge < -0.3 is 9.88 Å². The number of rotatable bonds is 7. The van der Waals surface area contributed by atoms with Gasteiger partial charge in [0.2, 0.25) is 0 Å². The van der Waals surface area contributed by atoms with Crippen LogP contribution in [0.25, 0.3) is 21.3 Å². The maximum absolute atomic E-state index is 13.0. The fourth-order valence-corrected chi connectivity index (χ4v) is 4.45. The molecule has 29 heavy (non-hydrogen) atoms. The Labute approximate surface area is 172 Å². The molecule has 150 valence electrons. The summed E-state index contributed by atoms with van der Waals surface area (Å²) in [4.78, 5) is 17.8. The summed E-state index contributed by atoms with van der Waals surface area (Å²) in [6.07, 6.45) is 13.2. The van der Waals surface area contributed by atoms with Crippen LogP contribution < -0.4 is 10.9 Å². The van der Waals surface area contributed by atoms with Gasteiger partial charge in [0.05, 0.1) is 10.9 Å². The van der Waals surface area contributed by atoms with Crippen molar-refractivity contribution in [3.8, 4) is 0 Å². The molecule has 3 aromatic heterocycles. The lowest BCUT2D eigenvalue weighted by Crippen LogP contribution is -2.24. The summed E-state index contributed by atoms with van der Waals surface area (Å²) >= 11 is 1.62. The highest BCUT2D eigenvalue weighted by molar-refractivity contribution is 7.19. The monoisotopic (exact) mass is 409 g/mol. The number of nitrogens with zero attached hydrogens (tertiary/aromatic N) is 6. The van der Waals surface area contributed by atoms with Gasteiger partial charge in [0, 0.05) is 57.6 Å². The molecule has 0 saturated heterocycles. The van der Waals surface area contributed by atoms with Crippen LogP contribution in [0.5, 0.6) is 0 Å². The van der Waals surface area contributed by atoms with E-state index in [9.17, 15) is 4.79 Å². The number of fused-ring (bicyclic) bond motifs is 3. The predicted molar refractivity (Wildman–Crippen MR) is 118 cm³/mol. The number of nitrogens with one attached hydrogen (secondary N) is 1. The SMILES string of the molecule is C=NN(C)/C=C\CCn1ncc2c3sc(CC4=CC=CCN4)nc3n(C)c2c1=O. The van der Waals surface area contributed by atoms with Crippen LogP contribution in [-0.4, -0.2) is 44.7 Å². The van der Waals surface area contributed by atoms with E-state index < -0.39 is 0 Å². The van der Waals surface area contributed by atoms with Crippen molar-refractivity contribution in [1.29, 1.82) is 0 Å². The van der Waals surface area contributed by atoms with E-state index in [0.717, 1.165) is 39.4 Å². The highest BCUT2D eigenvalue weighted by Crippen LogP contribution is 2.31. The third-order valence-corrected chi connectivity index (χ3v) is 5.92. The molecule has 0 fully saturated rings. The van der Waals surface area contributed by atoms with Crippen molar-refractivity contribution in [2.24, 2.45) is 12.1 Å². The molecule has 0 saturated carbocycles. The first-order valence-electron chi connectivity index (χ1n) is 9.38. The Kier molecular flexibility index (Phi) is 5.30. The number of hydrogen-bond acceptors (Lipinski definition) is 7. The Hall–Kier alpha value is -3.20. The summed E-state index contributed by atoms with van der Waals surface area (Å²) in [5.41, 5.74) is 2.54.